The van der Waals surface area contributed by atoms with Crippen molar-refractivity contribution >= 4 is 5.91 Å². The molecule has 0 aromatic heterocycles. The van der Waals surface area contributed by atoms with Crippen LogP contribution in [0.1, 0.15) is 13.3 Å². The maximum Gasteiger partial charge on any atom is 0.471 e. The van der Waals surface area contributed by atoms with Crippen molar-refractivity contribution in [2.24, 2.45) is 0 Å². The van der Waals surface area contributed by atoms with E-state index in [2.05, 4.69) is 0 Å². The fourth-order valence-corrected chi connectivity index (χ4v) is 0.698. The lowest BCUT2D eigenvalue weighted by Gasteiger charge is -2.18. The van der Waals surface area contributed by atoms with E-state index in [-0.39, 0.29) is 13.0 Å². The maximum atomic E-state index is 11.8. The number of amides is 1. The predicted molar refractivity (Wildman–Crippen MR) is 40.0 cm³/mol. The first-order valence-corrected chi connectivity index (χ1v) is 3.75. The van der Waals surface area contributed by atoms with Gasteiger partial charge in [0, 0.05) is 13.6 Å². The summed E-state index contributed by atoms with van der Waals surface area (Å²) >= 11 is 0. The molecule has 78 valence electrons. The molecule has 0 aliphatic rings. The second-order valence-electron chi connectivity index (χ2n) is 2.86. The number of halogens is 3. The van der Waals surface area contributed by atoms with Crippen LogP contribution in [0.25, 0.3) is 0 Å². The summed E-state index contributed by atoms with van der Waals surface area (Å²) in [6.45, 7) is 1.35. The summed E-state index contributed by atoms with van der Waals surface area (Å²) in [5.41, 5.74) is 0. The van der Waals surface area contributed by atoms with Gasteiger partial charge in [0.25, 0.3) is 0 Å². The standard InChI is InChI=1S/C7H12F3NO2/c1-5(12)3-4-11(2)6(13)7(8,9)10/h5,12H,3-4H2,1-2H3/t5-/m0/s1. The third kappa shape index (κ3) is 4.72. The van der Waals surface area contributed by atoms with Gasteiger partial charge in [-0.3, -0.25) is 4.79 Å². The molecule has 0 saturated heterocycles. The van der Waals surface area contributed by atoms with Crippen LogP contribution >= 0.6 is 0 Å². The molecule has 0 aliphatic heterocycles. The van der Waals surface area contributed by atoms with Crippen molar-refractivity contribution in [2.75, 3.05) is 13.6 Å². The Morgan fingerprint density at radius 2 is 2.00 bits per heavy atom. The van der Waals surface area contributed by atoms with Gasteiger partial charge in [-0.25, -0.2) is 0 Å². The lowest BCUT2D eigenvalue weighted by molar-refractivity contribution is -0.184. The van der Waals surface area contributed by atoms with Gasteiger partial charge >= 0.3 is 12.1 Å². The molecule has 0 aliphatic carbocycles. The van der Waals surface area contributed by atoms with Crippen LogP contribution in [0.5, 0.6) is 0 Å². The van der Waals surface area contributed by atoms with Crippen LogP contribution in [-0.2, 0) is 4.79 Å². The number of nitrogens with zero attached hydrogens (tertiary/aromatic N) is 1. The number of hydrogen-bond donors (Lipinski definition) is 1. The van der Waals surface area contributed by atoms with Crippen molar-refractivity contribution in [3.63, 3.8) is 0 Å². The summed E-state index contributed by atoms with van der Waals surface area (Å²) in [7, 11) is 1.05. The molecular weight excluding hydrogens is 187 g/mol. The Labute approximate surface area is 74.1 Å². The van der Waals surface area contributed by atoms with Crippen LogP contribution < -0.4 is 0 Å². The monoisotopic (exact) mass is 199 g/mol. The molecule has 0 bridgehead atoms. The van der Waals surface area contributed by atoms with Crippen LogP contribution in [0.15, 0.2) is 0 Å². The molecule has 0 unspecified atom stereocenters. The van der Waals surface area contributed by atoms with Gasteiger partial charge in [0.2, 0.25) is 0 Å². The summed E-state index contributed by atoms with van der Waals surface area (Å²) < 4.78 is 35.3. The molecule has 0 radical (unpaired) electrons. The SMILES string of the molecule is C[C@H](O)CCN(C)C(=O)C(F)(F)F. The Morgan fingerprint density at radius 3 is 2.31 bits per heavy atom. The van der Waals surface area contributed by atoms with Crippen molar-refractivity contribution in [1.29, 1.82) is 0 Å². The molecule has 0 spiro atoms. The second kappa shape index (κ2) is 4.45. The van der Waals surface area contributed by atoms with Crippen LogP contribution in [0.3, 0.4) is 0 Å². The van der Waals surface area contributed by atoms with Crippen molar-refractivity contribution in [3.8, 4) is 0 Å². The molecule has 0 aromatic rings. The first-order valence-electron chi connectivity index (χ1n) is 3.75. The number of hydrogen-bond acceptors (Lipinski definition) is 2. The Morgan fingerprint density at radius 1 is 1.54 bits per heavy atom. The van der Waals surface area contributed by atoms with Gasteiger partial charge in [0.1, 0.15) is 0 Å². The number of rotatable bonds is 3. The molecule has 0 saturated carbocycles. The molecule has 6 heteroatoms. The Hall–Kier alpha value is -0.780. The van der Waals surface area contributed by atoms with E-state index in [4.69, 9.17) is 5.11 Å². The molecule has 3 nitrogen and oxygen atoms in total. The highest BCUT2D eigenvalue weighted by Gasteiger charge is 2.40. The van der Waals surface area contributed by atoms with Crippen LogP contribution in [0.4, 0.5) is 13.2 Å². The van der Waals surface area contributed by atoms with E-state index in [0.29, 0.717) is 4.90 Å². The van der Waals surface area contributed by atoms with E-state index in [1.807, 2.05) is 0 Å². The van der Waals surface area contributed by atoms with Gasteiger partial charge in [0.05, 0.1) is 6.10 Å². The van der Waals surface area contributed by atoms with Crippen molar-refractivity contribution in [1.82, 2.24) is 4.90 Å². The number of alkyl halides is 3. The minimum atomic E-state index is -4.83. The van der Waals surface area contributed by atoms with Crippen molar-refractivity contribution < 1.29 is 23.1 Å². The lowest BCUT2D eigenvalue weighted by atomic mass is 10.3. The Balaban J connectivity index is 3.98. The molecule has 1 amide bonds. The van der Waals surface area contributed by atoms with Gasteiger partial charge in [0.15, 0.2) is 0 Å². The fraction of sp³-hybridized carbons (Fsp3) is 0.857. The van der Waals surface area contributed by atoms with Crippen molar-refractivity contribution in [3.05, 3.63) is 0 Å². The van der Waals surface area contributed by atoms with E-state index < -0.39 is 18.2 Å². The zero-order valence-corrected chi connectivity index (χ0v) is 7.43. The maximum absolute atomic E-state index is 11.8. The second-order valence-corrected chi connectivity index (χ2v) is 2.86. The average Bonchev–Trinajstić information content (AvgIpc) is 1.96. The summed E-state index contributed by atoms with van der Waals surface area (Å²) in [6, 6.07) is 0. The molecule has 1 atom stereocenters. The molecular formula is C7H12F3NO2. The largest absolute Gasteiger partial charge is 0.471 e. The highest BCUT2D eigenvalue weighted by molar-refractivity contribution is 5.81. The summed E-state index contributed by atoms with van der Waals surface area (Å²) in [5, 5.41) is 8.77. The van der Waals surface area contributed by atoms with Crippen molar-refractivity contribution in [2.45, 2.75) is 25.6 Å². The summed E-state index contributed by atoms with van der Waals surface area (Å²) in [5.74, 6) is -1.88. The molecule has 0 heterocycles. The number of carbonyl (C=O) groups is 1. The molecule has 0 rings (SSSR count). The molecule has 0 fully saturated rings. The summed E-state index contributed by atoms with van der Waals surface area (Å²) in [6.07, 6.45) is -5.39. The van der Waals surface area contributed by atoms with E-state index in [1.165, 1.54) is 6.92 Å². The van der Waals surface area contributed by atoms with Crippen LogP contribution in [0.2, 0.25) is 0 Å². The normalized spacial score (nSPS) is 14.0. The van der Waals surface area contributed by atoms with E-state index in [1.54, 1.807) is 0 Å². The first kappa shape index (κ1) is 12.2. The Bertz CT molecular complexity index is 179. The molecule has 0 aromatic carbocycles. The smallest absolute Gasteiger partial charge is 0.393 e. The number of aliphatic hydroxyl groups excluding tert-OH is 1. The average molecular weight is 199 g/mol. The number of carbonyl (C=O) groups excluding carboxylic acids is 1. The minimum Gasteiger partial charge on any atom is -0.393 e. The van der Waals surface area contributed by atoms with Crippen LogP contribution in [0, 0.1) is 0 Å². The van der Waals surface area contributed by atoms with Gasteiger partial charge < -0.3 is 10.0 Å². The number of aliphatic hydroxyl groups is 1. The predicted octanol–water partition coefficient (Wildman–Crippen LogP) is 0.778. The van der Waals surface area contributed by atoms with E-state index in [0.717, 1.165) is 7.05 Å². The van der Waals surface area contributed by atoms with Crippen LogP contribution in [-0.4, -0.2) is 41.8 Å². The van der Waals surface area contributed by atoms with Gasteiger partial charge in [-0.1, -0.05) is 0 Å². The van der Waals surface area contributed by atoms with E-state index >= 15 is 0 Å². The topological polar surface area (TPSA) is 40.5 Å². The summed E-state index contributed by atoms with van der Waals surface area (Å²) in [4.78, 5) is 11.0. The third-order valence-electron chi connectivity index (χ3n) is 1.47. The van der Waals surface area contributed by atoms with Gasteiger partial charge in [-0.2, -0.15) is 13.2 Å². The molecule has 1 N–H and O–H groups in total. The van der Waals surface area contributed by atoms with Gasteiger partial charge in [-0.15, -0.1) is 0 Å². The van der Waals surface area contributed by atoms with Gasteiger partial charge in [-0.05, 0) is 13.3 Å². The first-order chi connectivity index (χ1) is 5.75. The molecule has 13 heavy (non-hydrogen) atoms. The van der Waals surface area contributed by atoms with E-state index in [9.17, 15) is 18.0 Å². The highest BCUT2D eigenvalue weighted by Crippen LogP contribution is 2.17. The third-order valence-corrected chi connectivity index (χ3v) is 1.47. The minimum absolute atomic E-state index is 0.101. The Kier molecular flexibility index (Phi) is 4.19. The lowest BCUT2D eigenvalue weighted by Crippen LogP contribution is -2.39. The fourth-order valence-electron chi connectivity index (χ4n) is 0.698. The highest BCUT2D eigenvalue weighted by atomic mass is 19.4. The quantitative estimate of drug-likeness (QED) is 0.729. The zero-order valence-electron chi connectivity index (χ0n) is 7.43. The zero-order chi connectivity index (χ0) is 10.6.